The summed E-state index contributed by atoms with van der Waals surface area (Å²) in [6.07, 6.45) is 0.509. The molecule has 0 aliphatic rings. The molecule has 1 amide bonds. The third-order valence-electron chi connectivity index (χ3n) is 4.21. The molecule has 0 fully saturated rings. The van der Waals surface area contributed by atoms with E-state index in [2.05, 4.69) is 10.3 Å². The van der Waals surface area contributed by atoms with E-state index in [0.717, 1.165) is 16.8 Å². The fourth-order valence-corrected chi connectivity index (χ4v) is 2.99. The zero-order valence-corrected chi connectivity index (χ0v) is 18.5. The van der Waals surface area contributed by atoms with Gasteiger partial charge < -0.3 is 10.1 Å². The van der Waals surface area contributed by atoms with Gasteiger partial charge in [-0.3, -0.25) is 9.79 Å². The normalized spacial score (nSPS) is 12.2. The van der Waals surface area contributed by atoms with Crippen molar-refractivity contribution in [1.82, 2.24) is 5.32 Å². The number of hydrogen-bond donors (Lipinski definition) is 1. The fourth-order valence-electron chi connectivity index (χ4n) is 2.99. The van der Waals surface area contributed by atoms with Crippen molar-refractivity contribution in [2.45, 2.75) is 52.7 Å². The van der Waals surface area contributed by atoms with Crippen LogP contribution in [-0.4, -0.2) is 35.8 Å². The summed E-state index contributed by atoms with van der Waals surface area (Å²) in [5.74, 6) is -0.494. The average Bonchev–Trinajstić information content (AvgIpc) is 2.67. The van der Waals surface area contributed by atoms with Crippen molar-refractivity contribution >= 4 is 17.6 Å². The summed E-state index contributed by atoms with van der Waals surface area (Å²) in [6, 6.07) is 18.8. The number of rotatable bonds is 8. The number of benzene rings is 2. The van der Waals surface area contributed by atoms with Crippen LogP contribution in [0.1, 0.15) is 52.2 Å². The Hall–Kier alpha value is -2.95. The first-order valence-corrected chi connectivity index (χ1v) is 10.3. The van der Waals surface area contributed by atoms with Gasteiger partial charge in [0.1, 0.15) is 18.2 Å². The van der Waals surface area contributed by atoms with Crippen molar-refractivity contribution in [3.63, 3.8) is 0 Å². The van der Waals surface area contributed by atoms with Crippen LogP contribution in [0.4, 0.5) is 0 Å². The number of nitrogens with one attached hydrogen (secondary N) is 1. The molecule has 5 nitrogen and oxygen atoms in total. The maximum Gasteiger partial charge on any atom is 0.329 e. The molecule has 2 rings (SSSR count). The molecule has 5 heteroatoms. The van der Waals surface area contributed by atoms with Gasteiger partial charge in [0.05, 0.1) is 5.71 Å². The van der Waals surface area contributed by atoms with Crippen molar-refractivity contribution < 1.29 is 14.3 Å². The standard InChI is InChI=1S/C25H32N2O3/c1-18(2)16-21(24(29)30-25(3,4)5)27-22(28)17-26-23(19-12-8-6-9-13-19)20-14-10-7-11-15-20/h6-15,18,21H,16-17H2,1-5H3,(H,27,28)/t21-/m0/s1. The molecular weight excluding hydrogens is 376 g/mol. The van der Waals surface area contributed by atoms with Crippen molar-refractivity contribution in [2.24, 2.45) is 10.9 Å². The van der Waals surface area contributed by atoms with E-state index in [0.29, 0.717) is 6.42 Å². The monoisotopic (exact) mass is 408 g/mol. The van der Waals surface area contributed by atoms with Gasteiger partial charge in [-0.1, -0.05) is 74.5 Å². The highest BCUT2D eigenvalue weighted by molar-refractivity contribution is 6.13. The molecule has 2 aromatic carbocycles. The Kier molecular flexibility index (Phi) is 8.34. The number of amides is 1. The number of carbonyl (C=O) groups excluding carboxylic acids is 2. The Labute approximate surface area is 179 Å². The number of aliphatic imine (C=N–C) groups is 1. The molecule has 0 aromatic heterocycles. The summed E-state index contributed by atoms with van der Waals surface area (Å²) < 4.78 is 5.48. The van der Waals surface area contributed by atoms with Crippen LogP contribution in [0.2, 0.25) is 0 Å². The van der Waals surface area contributed by atoms with E-state index in [9.17, 15) is 9.59 Å². The molecule has 1 atom stereocenters. The highest BCUT2D eigenvalue weighted by atomic mass is 16.6. The summed E-state index contributed by atoms with van der Waals surface area (Å²) in [7, 11) is 0. The van der Waals surface area contributed by atoms with Gasteiger partial charge in [-0.15, -0.1) is 0 Å². The minimum absolute atomic E-state index is 0.0729. The topological polar surface area (TPSA) is 67.8 Å². The van der Waals surface area contributed by atoms with Crippen LogP contribution < -0.4 is 5.32 Å². The van der Waals surface area contributed by atoms with E-state index in [1.807, 2.05) is 95.3 Å². The maximum atomic E-state index is 12.6. The van der Waals surface area contributed by atoms with Gasteiger partial charge in [-0.2, -0.15) is 0 Å². The molecule has 0 spiro atoms. The Balaban J connectivity index is 2.17. The summed E-state index contributed by atoms with van der Waals surface area (Å²) in [5, 5.41) is 2.81. The van der Waals surface area contributed by atoms with Crippen LogP contribution in [0.15, 0.2) is 65.7 Å². The Morgan fingerprint density at radius 3 is 1.87 bits per heavy atom. The van der Waals surface area contributed by atoms with Crippen LogP contribution in [0, 0.1) is 5.92 Å². The minimum Gasteiger partial charge on any atom is -0.458 e. The second-order valence-corrected chi connectivity index (χ2v) is 8.68. The van der Waals surface area contributed by atoms with Gasteiger partial charge >= 0.3 is 5.97 Å². The van der Waals surface area contributed by atoms with Gasteiger partial charge in [0.2, 0.25) is 5.91 Å². The van der Waals surface area contributed by atoms with Gasteiger partial charge in [-0.25, -0.2) is 4.79 Å². The molecule has 0 saturated carbocycles. The van der Waals surface area contributed by atoms with Crippen LogP contribution in [0.5, 0.6) is 0 Å². The molecule has 0 aliphatic heterocycles. The molecule has 0 bridgehead atoms. The number of nitrogens with zero attached hydrogens (tertiary/aromatic N) is 1. The number of esters is 1. The Bertz CT molecular complexity index is 811. The third kappa shape index (κ3) is 7.82. The summed E-state index contributed by atoms with van der Waals surface area (Å²) >= 11 is 0. The lowest BCUT2D eigenvalue weighted by Gasteiger charge is -2.25. The predicted molar refractivity (Wildman–Crippen MR) is 121 cm³/mol. The van der Waals surface area contributed by atoms with Crippen molar-refractivity contribution in [3.8, 4) is 0 Å². The first kappa shape index (κ1) is 23.3. The van der Waals surface area contributed by atoms with E-state index in [1.165, 1.54) is 0 Å². The average molecular weight is 409 g/mol. The smallest absolute Gasteiger partial charge is 0.329 e. The number of carbonyl (C=O) groups is 2. The van der Waals surface area contributed by atoms with E-state index in [1.54, 1.807) is 0 Å². The molecular formula is C25H32N2O3. The molecule has 160 valence electrons. The lowest BCUT2D eigenvalue weighted by Crippen LogP contribution is -2.45. The van der Waals surface area contributed by atoms with Crippen molar-refractivity contribution in [2.75, 3.05) is 6.54 Å². The second-order valence-electron chi connectivity index (χ2n) is 8.68. The summed E-state index contributed by atoms with van der Waals surface area (Å²) in [5.41, 5.74) is 2.00. The van der Waals surface area contributed by atoms with E-state index < -0.39 is 17.6 Å². The maximum absolute atomic E-state index is 12.6. The largest absolute Gasteiger partial charge is 0.458 e. The van der Waals surface area contributed by atoms with E-state index >= 15 is 0 Å². The molecule has 0 unspecified atom stereocenters. The zero-order valence-electron chi connectivity index (χ0n) is 18.5. The van der Waals surface area contributed by atoms with Gasteiger partial charge in [-0.05, 0) is 33.1 Å². The van der Waals surface area contributed by atoms with Crippen molar-refractivity contribution in [3.05, 3.63) is 71.8 Å². The zero-order chi connectivity index (χ0) is 22.1. The minimum atomic E-state index is -0.691. The molecule has 1 N–H and O–H groups in total. The van der Waals surface area contributed by atoms with E-state index in [-0.39, 0.29) is 18.4 Å². The highest BCUT2D eigenvalue weighted by Gasteiger charge is 2.27. The second kappa shape index (κ2) is 10.7. The van der Waals surface area contributed by atoms with Gasteiger partial charge in [0.25, 0.3) is 0 Å². The SMILES string of the molecule is CC(C)C[C@H](NC(=O)CN=C(c1ccccc1)c1ccccc1)C(=O)OC(C)(C)C. The highest BCUT2D eigenvalue weighted by Crippen LogP contribution is 2.14. The lowest BCUT2D eigenvalue weighted by molar-refractivity contribution is -0.159. The Morgan fingerprint density at radius 2 is 1.43 bits per heavy atom. The van der Waals surface area contributed by atoms with Crippen LogP contribution in [0.25, 0.3) is 0 Å². The van der Waals surface area contributed by atoms with Crippen LogP contribution in [0.3, 0.4) is 0 Å². The molecule has 0 aliphatic carbocycles. The first-order chi connectivity index (χ1) is 14.2. The van der Waals surface area contributed by atoms with E-state index in [4.69, 9.17) is 4.74 Å². The third-order valence-corrected chi connectivity index (χ3v) is 4.21. The quantitative estimate of drug-likeness (QED) is 0.520. The molecule has 0 radical (unpaired) electrons. The molecule has 2 aromatic rings. The fraction of sp³-hybridized carbons (Fsp3) is 0.400. The van der Waals surface area contributed by atoms with Crippen LogP contribution in [-0.2, 0) is 14.3 Å². The Morgan fingerprint density at radius 1 is 0.933 bits per heavy atom. The molecule has 0 heterocycles. The number of hydrogen-bond acceptors (Lipinski definition) is 4. The number of ether oxygens (including phenoxy) is 1. The predicted octanol–water partition coefficient (Wildman–Crippen LogP) is 4.40. The molecule has 30 heavy (non-hydrogen) atoms. The van der Waals surface area contributed by atoms with Crippen LogP contribution >= 0.6 is 0 Å². The summed E-state index contributed by atoms with van der Waals surface area (Å²) in [4.78, 5) is 29.8. The summed E-state index contributed by atoms with van der Waals surface area (Å²) in [6.45, 7) is 9.38. The van der Waals surface area contributed by atoms with Gasteiger partial charge in [0.15, 0.2) is 0 Å². The molecule has 0 saturated heterocycles. The van der Waals surface area contributed by atoms with Gasteiger partial charge in [0, 0.05) is 11.1 Å². The lowest BCUT2D eigenvalue weighted by atomic mass is 10.0. The first-order valence-electron chi connectivity index (χ1n) is 10.3. The van der Waals surface area contributed by atoms with Crippen molar-refractivity contribution in [1.29, 1.82) is 0 Å².